The monoisotopic (exact) mass is 680 g/mol. The van der Waals surface area contributed by atoms with Gasteiger partial charge < -0.3 is 4.42 Å². The minimum absolute atomic E-state index is 0.522. The van der Waals surface area contributed by atoms with E-state index in [0.717, 1.165) is 60.8 Å². The van der Waals surface area contributed by atoms with E-state index < -0.39 is 0 Å². The molecule has 0 unspecified atom stereocenters. The molecule has 4 aromatic heterocycles. The van der Waals surface area contributed by atoms with E-state index in [-0.39, 0.29) is 0 Å². The fourth-order valence-corrected chi connectivity index (χ4v) is 6.68. The lowest BCUT2D eigenvalue weighted by Gasteiger charge is -2.10. The third kappa shape index (κ3) is 5.76. The van der Waals surface area contributed by atoms with Gasteiger partial charge in [0.1, 0.15) is 5.52 Å². The van der Waals surface area contributed by atoms with Crippen molar-refractivity contribution in [2.45, 2.75) is 0 Å². The van der Waals surface area contributed by atoms with Gasteiger partial charge in [0.2, 0.25) is 5.71 Å². The van der Waals surface area contributed by atoms with E-state index in [9.17, 15) is 0 Å². The first-order valence-electron chi connectivity index (χ1n) is 17.3. The Kier molecular flexibility index (Phi) is 7.32. The highest BCUT2D eigenvalue weighted by atomic mass is 16.3. The van der Waals surface area contributed by atoms with Crippen LogP contribution in [0.3, 0.4) is 0 Å². The van der Waals surface area contributed by atoms with Gasteiger partial charge in [-0.25, -0.2) is 29.9 Å². The molecule has 0 atom stereocenters. The second kappa shape index (κ2) is 12.7. The first-order valence-corrected chi connectivity index (χ1v) is 17.3. The third-order valence-electron chi connectivity index (χ3n) is 9.47. The van der Waals surface area contributed by atoms with Gasteiger partial charge in [0.25, 0.3) is 0 Å². The van der Waals surface area contributed by atoms with E-state index in [0.29, 0.717) is 34.6 Å². The molecule has 10 aromatic rings. The second-order valence-corrected chi connectivity index (χ2v) is 12.8. The van der Waals surface area contributed by atoms with E-state index in [2.05, 4.69) is 94.9 Å². The summed E-state index contributed by atoms with van der Waals surface area (Å²) in [6.45, 7) is 0. The van der Waals surface area contributed by atoms with E-state index in [1.54, 1.807) is 6.20 Å². The van der Waals surface area contributed by atoms with Crippen LogP contribution in [0, 0.1) is 0 Å². The van der Waals surface area contributed by atoms with Crippen molar-refractivity contribution >= 4 is 33.0 Å². The molecule has 0 amide bonds. The Morgan fingerprint density at radius 3 is 1.51 bits per heavy atom. The van der Waals surface area contributed by atoms with Crippen LogP contribution < -0.4 is 0 Å². The molecule has 0 N–H and O–H groups in total. The Labute approximate surface area is 304 Å². The predicted molar refractivity (Wildman–Crippen MR) is 211 cm³/mol. The van der Waals surface area contributed by atoms with Crippen molar-refractivity contribution in [1.82, 2.24) is 29.9 Å². The van der Waals surface area contributed by atoms with Gasteiger partial charge in [-0.1, -0.05) is 146 Å². The highest BCUT2D eigenvalue weighted by molar-refractivity contribution is 6.02. The van der Waals surface area contributed by atoms with Crippen LogP contribution in [0.25, 0.3) is 101 Å². The molecule has 248 valence electrons. The summed E-state index contributed by atoms with van der Waals surface area (Å²) in [6.07, 6.45) is 3.55. The minimum Gasteiger partial charge on any atom is -0.434 e. The number of pyridine rings is 1. The quantitative estimate of drug-likeness (QED) is 0.173. The molecule has 0 saturated heterocycles. The molecule has 0 fully saturated rings. The van der Waals surface area contributed by atoms with Gasteiger partial charge >= 0.3 is 0 Å². The highest BCUT2D eigenvalue weighted by Gasteiger charge is 2.16. The van der Waals surface area contributed by atoms with Crippen LogP contribution in [0.5, 0.6) is 0 Å². The van der Waals surface area contributed by atoms with Gasteiger partial charge in [0.15, 0.2) is 28.9 Å². The van der Waals surface area contributed by atoms with Gasteiger partial charge in [0.05, 0.1) is 11.6 Å². The van der Waals surface area contributed by atoms with Crippen LogP contribution in [0.1, 0.15) is 0 Å². The summed E-state index contributed by atoms with van der Waals surface area (Å²) in [4.78, 5) is 29.0. The van der Waals surface area contributed by atoms with Crippen molar-refractivity contribution < 1.29 is 4.42 Å². The molecule has 0 spiro atoms. The fourth-order valence-electron chi connectivity index (χ4n) is 6.68. The molecule has 4 heterocycles. The average molecular weight is 681 g/mol. The number of aromatic nitrogens is 6. The summed E-state index contributed by atoms with van der Waals surface area (Å²) in [6, 6.07) is 53.5. The lowest BCUT2D eigenvalue weighted by Crippen LogP contribution is -2.00. The topological polar surface area (TPSA) is 90.5 Å². The molecule has 0 saturated carbocycles. The Hall–Kier alpha value is -7.38. The smallest absolute Gasteiger partial charge is 0.229 e. The number of hydrogen-bond donors (Lipinski definition) is 0. The Morgan fingerprint density at radius 1 is 0.340 bits per heavy atom. The van der Waals surface area contributed by atoms with Crippen molar-refractivity contribution in [3.63, 3.8) is 0 Å². The lowest BCUT2D eigenvalue weighted by molar-refractivity contribution is 0.651. The highest BCUT2D eigenvalue weighted by Crippen LogP contribution is 2.33. The zero-order chi connectivity index (χ0) is 35.1. The van der Waals surface area contributed by atoms with Crippen molar-refractivity contribution in [2.75, 3.05) is 0 Å². The van der Waals surface area contributed by atoms with Gasteiger partial charge in [-0.3, -0.25) is 0 Å². The van der Waals surface area contributed by atoms with Crippen LogP contribution >= 0.6 is 0 Å². The molecule has 0 aliphatic carbocycles. The number of fused-ring (bicyclic) bond motifs is 4. The van der Waals surface area contributed by atoms with Crippen LogP contribution in [-0.4, -0.2) is 29.9 Å². The zero-order valence-corrected chi connectivity index (χ0v) is 28.3. The van der Waals surface area contributed by atoms with E-state index in [1.165, 1.54) is 5.39 Å². The van der Waals surface area contributed by atoms with Gasteiger partial charge in [0, 0.05) is 34.0 Å². The average Bonchev–Trinajstić information content (AvgIpc) is 3.61. The molecule has 7 nitrogen and oxygen atoms in total. The fraction of sp³-hybridized carbons (Fsp3) is 0. The van der Waals surface area contributed by atoms with Crippen LogP contribution in [0.4, 0.5) is 0 Å². The number of nitrogens with zero attached hydrogens (tertiary/aromatic N) is 6. The molecule has 6 aromatic carbocycles. The maximum absolute atomic E-state index is 6.05. The molecule has 0 aliphatic rings. The molecular formula is C46H28N6O. The molecule has 0 radical (unpaired) electrons. The number of rotatable bonds is 6. The first-order chi connectivity index (χ1) is 26.2. The third-order valence-corrected chi connectivity index (χ3v) is 9.47. The number of furan rings is 1. The van der Waals surface area contributed by atoms with Crippen molar-refractivity contribution in [1.29, 1.82) is 0 Å². The summed E-state index contributed by atoms with van der Waals surface area (Å²) < 4.78 is 6.05. The molecule has 0 bridgehead atoms. The predicted octanol–water partition coefficient (Wildman–Crippen LogP) is 11.1. The molecule has 0 aliphatic heterocycles. The molecular weight excluding hydrogens is 653 g/mol. The van der Waals surface area contributed by atoms with E-state index in [4.69, 9.17) is 24.4 Å². The van der Waals surface area contributed by atoms with Gasteiger partial charge in [-0.05, 0) is 39.6 Å². The Morgan fingerprint density at radius 2 is 0.849 bits per heavy atom. The molecule has 53 heavy (non-hydrogen) atoms. The minimum atomic E-state index is 0.522. The van der Waals surface area contributed by atoms with E-state index in [1.807, 2.05) is 79.0 Å². The summed E-state index contributed by atoms with van der Waals surface area (Å²) in [5.74, 6) is 2.47. The van der Waals surface area contributed by atoms with Crippen LogP contribution in [0.2, 0.25) is 0 Å². The summed E-state index contributed by atoms with van der Waals surface area (Å²) in [5.41, 5.74) is 9.75. The zero-order valence-electron chi connectivity index (χ0n) is 28.3. The molecule has 10 rings (SSSR count). The maximum Gasteiger partial charge on any atom is 0.229 e. The van der Waals surface area contributed by atoms with E-state index >= 15 is 0 Å². The van der Waals surface area contributed by atoms with Crippen molar-refractivity contribution in [3.8, 4) is 67.8 Å². The van der Waals surface area contributed by atoms with Crippen molar-refractivity contribution in [2.24, 2.45) is 0 Å². The van der Waals surface area contributed by atoms with Crippen molar-refractivity contribution in [3.05, 3.63) is 170 Å². The standard InChI is InChI=1S/C46H28N6O/c1-3-9-29(10-4-1)31-15-20-34(21-16-31)44-50-43(33-12-5-2-6-13-33)51-45(52-44)35-22-17-32(18-23-35)38-26-39-41-40(53-46(39)48-27-38)28-47-42(49-41)37-24-19-30-11-7-8-14-36(30)25-37/h1-28H. The van der Waals surface area contributed by atoms with Gasteiger partial charge in [-0.15, -0.1) is 0 Å². The Bertz CT molecular complexity index is 2930. The normalized spacial score (nSPS) is 11.4. The maximum atomic E-state index is 6.05. The largest absolute Gasteiger partial charge is 0.434 e. The summed E-state index contributed by atoms with van der Waals surface area (Å²) in [7, 11) is 0. The molecule has 7 heteroatoms. The summed E-state index contributed by atoms with van der Waals surface area (Å²) >= 11 is 0. The lowest BCUT2D eigenvalue weighted by atomic mass is 10.0. The van der Waals surface area contributed by atoms with Gasteiger partial charge in [-0.2, -0.15) is 0 Å². The number of benzene rings is 6. The second-order valence-electron chi connectivity index (χ2n) is 12.8. The van der Waals surface area contributed by atoms with Crippen LogP contribution in [-0.2, 0) is 0 Å². The Balaban J connectivity index is 0.998. The SMILES string of the molecule is c1ccc(-c2ccc(-c3nc(-c4ccccc4)nc(-c4ccc(-c5cnc6oc7cnc(-c8ccc9ccccc9c8)nc7c6c5)cc4)n3)cc2)cc1. The summed E-state index contributed by atoms with van der Waals surface area (Å²) in [5, 5.41) is 3.14. The number of hydrogen-bond acceptors (Lipinski definition) is 7. The first kappa shape index (κ1) is 30.4. The van der Waals surface area contributed by atoms with Crippen LogP contribution in [0.15, 0.2) is 175 Å².